The minimum absolute atomic E-state index is 0. The van der Waals surface area contributed by atoms with Crippen molar-refractivity contribution in [1.29, 1.82) is 0 Å². The molecule has 2 saturated carbocycles. The second kappa shape index (κ2) is 15.4. The van der Waals surface area contributed by atoms with E-state index in [1.54, 1.807) is 11.1 Å². The second-order valence-corrected chi connectivity index (χ2v) is 7.92. The van der Waals surface area contributed by atoms with Crippen molar-refractivity contribution >= 4 is 15.4 Å². The zero-order chi connectivity index (χ0) is 17.3. The number of benzene rings is 1. The van der Waals surface area contributed by atoms with E-state index >= 15 is 0 Å². The molecule has 2 atom stereocenters. The Labute approximate surface area is 206 Å². The molecule has 4 heteroatoms. The molecule has 0 nitrogen and oxygen atoms in total. The van der Waals surface area contributed by atoms with E-state index in [9.17, 15) is 0 Å². The summed E-state index contributed by atoms with van der Waals surface area (Å²) in [7, 11) is 1.90. The molecular formula is C24H29Cl2HfSi. The molecule has 0 aromatic heterocycles. The van der Waals surface area contributed by atoms with Gasteiger partial charge in [-0.05, 0) is 24.7 Å². The molecule has 4 aliphatic rings. The fourth-order valence-corrected chi connectivity index (χ4v) is 4.08. The maximum absolute atomic E-state index is 2.37. The van der Waals surface area contributed by atoms with E-state index in [0.29, 0.717) is 0 Å². The van der Waals surface area contributed by atoms with Crippen LogP contribution in [-0.4, -0.2) is 10.2 Å². The summed E-state index contributed by atoms with van der Waals surface area (Å²) in [5.41, 5.74) is 3.16. The van der Waals surface area contributed by atoms with Gasteiger partial charge in [0.05, 0.1) is 0 Å². The van der Waals surface area contributed by atoms with Crippen molar-refractivity contribution in [3.8, 4) is 0 Å². The molecule has 0 heterocycles. The number of rotatable bonds is 0. The standard InChI is InChI=1S/2C9H11.C6H7Si.2ClH.Hf/c2*1-2-5-9-7-3-6-8(9)4-1;7-6-4-2-1-3-5-6;;;/h2*1-2,4,6,9H,3,5,7H2;1-5H,7H2;2*1H;/q2*-1;;;;+4/p-2. The Morgan fingerprint density at radius 3 is 1.57 bits per heavy atom. The molecule has 4 aliphatic carbocycles. The first kappa shape index (κ1) is 27.6. The smallest absolute Gasteiger partial charge is 1.00 e. The summed E-state index contributed by atoms with van der Waals surface area (Å²) in [6.07, 6.45) is 26.1. The van der Waals surface area contributed by atoms with E-state index < -0.39 is 0 Å². The van der Waals surface area contributed by atoms with Crippen LogP contribution in [0.25, 0.3) is 0 Å². The molecule has 0 amide bonds. The van der Waals surface area contributed by atoms with Crippen molar-refractivity contribution in [1.82, 2.24) is 0 Å². The summed E-state index contributed by atoms with van der Waals surface area (Å²) in [5.74, 6) is 1.77. The van der Waals surface area contributed by atoms with E-state index in [2.05, 4.69) is 61.4 Å². The summed E-state index contributed by atoms with van der Waals surface area (Å²) < 4.78 is 0. The van der Waals surface area contributed by atoms with Gasteiger partial charge in [0.1, 0.15) is 0 Å². The minimum atomic E-state index is 0. The van der Waals surface area contributed by atoms with E-state index in [0.717, 1.165) is 11.8 Å². The molecule has 2 unspecified atom stereocenters. The first-order valence-corrected chi connectivity index (χ1v) is 10.3. The van der Waals surface area contributed by atoms with Crippen molar-refractivity contribution in [3.63, 3.8) is 0 Å². The van der Waals surface area contributed by atoms with Crippen LogP contribution in [0.3, 0.4) is 0 Å². The monoisotopic (exact) mass is 595 g/mol. The Hall–Kier alpha value is -0.413. The van der Waals surface area contributed by atoms with Gasteiger partial charge in [-0.15, -0.1) is 37.1 Å². The Morgan fingerprint density at radius 1 is 0.750 bits per heavy atom. The average Bonchev–Trinajstić information content (AvgIpc) is 3.32. The van der Waals surface area contributed by atoms with Gasteiger partial charge in [-0.25, -0.2) is 36.1 Å². The average molecular weight is 595 g/mol. The molecule has 0 bridgehead atoms. The molecule has 1 aromatic rings. The van der Waals surface area contributed by atoms with Crippen molar-refractivity contribution in [2.75, 3.05) is 0 Å². The Morgan fingerprint density at radius 2 is 1.21 bits per heavy atom. The molecule has 0 spiro atoms. The quantitative estimate of drug-likeness (QED) is 0.265. The predicted molar refractivity (Wildman–Crippen MR) is 112 cm³/mol. The van der Waals surface area contributed by atoms with Gasteiger partial charge in [-0.1, -0.05) is 48.4 Å². The van der Waals surface area contributed by atoms with E-state index in [-0.39, 0.29) is 50.7 Å². The molecule has 2 fully saturated rings. The third-order valence-electron chi connectivity index (χ3n) is 5.27. The van der Waals surface area contributed by atoms with Crippen LogP contribution in [0.2, 0.25) is 0 Å². The SMILES string of the molecule is C1=CCC2CC[CH-]C2=C1.C1=CCC2CC[CH-]C2=C1.[Cl-].[Cl-].[Hf+4].[SiH2]c1ccccc1. The van der Waals surface area contributed by atoms with Gasteiger partial charge in [0, 0.05) is 10.2 Å². The summed E-state index contributed by atoms with van der Waals surface area (Å²) in [4.78, 5) is 0. The topological polar surface area (TPSA) is 0 Å². The van der Waals surface area contributed by atoms with Crippen molar-refractivity contribution in [3.05, 3.63) is 90.8 Å². The predicted octanol–water partition coefficient (Wildman–Crippen LogP) is -1.08. The van der Waals surface area contributed by atoms with Crippen LogP contribution in [0.15, 0.2) is 77.9 Å². The van der Waals surface area contributed by atoms with Crippen LogP contribution in [0, 0.1) is 24.7 Å². The van der Waals surface area contributed by atoms with Gasteiger partial charge in [0.25, 0.3) is 0 Å². The van der Waals surface area contributed by atoms with Crippen LogP contribution in [0.1, 0.15) is 38.5 Å². The van der Waals surface area contributed by atoms with Crippen LogP contribution in [0.4, 0.5) is 0 Å². The Balaban J connectivity index is 0.000000374. The molecule has 0 saturated heterocycles. The molecular weight excluding hydrogens is 566 g/mol. The van der Waals surface area contributed by atoms with Gasteiger partial charge in [-0.2, -0.15) is 0 Å². The summed E-state index contributed by atoms with van der Waals surface area (Å²) in [6.45, 7) is 0. The molecule has 147 valence electrons. The fraction of sp³-hybridized carbons (Fsp3) is 0.333. The third kappa shape index (κ3) is 8.94. The molecule has 1 aromatic carbocycles. The van der Waals surface area contributed by atoms with Crippen LogP contribution in [0.5, 0.6) is 0 Å². The number of allylic oxidation sites excluding steroid dienone is 8. The first-order valence-electron chi connectivity index (χ1n) is 9.60. The zero-order valence-corrected chi connectivity index (χ0v) is 22.9. The number of hydrogen-bond donors (Lipinski definition) is 0. The fourth-order valence-electron chi connectivity index (χ4n) is 3.81. The van der Waals surface area contributed by atoms with Gasteiger partial charge in [0.2, 0.25) is 0 Å². The number of fused-ring (bicyclic) bond motifs is 2. The minimum Gasteiger partial charge on any atom is -1.00 e. The van der Waals surface area contributed by atoms with Gasteiger partial charge < -0.3 is 24.8 Å². The normalized spacial score (nSPS) is 22.2. The largest absolute Gasteiger partial charge is 4.00 e. The van der Waals surface area contributed by atoms with E-state index in [4.69, 9.17) is 0 Å². The van der Waals surface area contributed by atoms with E-state index in [1.165, 1.54) is 43.7 Å². The van der Waals surface area contributed by atoms with Crippen molar-refractivity contribution in [2.45, 2.75) is 38.5 Å². The molecule has 0 N–H and O–H groups in total. The maximum atomic E-state index is 2.37. The van der Waals surface area contributed by atoms with E-state index in [1.807, 2.05) is 28.4 Å². The van der Waals surface area contributed by atoms with Gasteiger partial charge >= 0.3 is 25.8 Å². The Kier molecular flexibility index (Phi) is 15.2. The molecule has 28 heavy (non-hydrogen) atoms. The van der Waals surface area contributed by atoms with Crippen LogP contribution >= 0.6 is 0 Å². The maximum Gasteiger partial charge on any atom is 4.00 e. The molecule has 0 aliphatic heterocycles. The summed E-state index contributed by atoms with van der Waals surface area (Å²) in [5, 5.41) is 1.35. The third-order valence-corrected chi connectivity index (χ3v) is 5.74. The first-order chi connectivity index (χ1) is 12.3. The molecule has 5 rings (SSSR count). The molecule has 1 radical (unpaired) electrons. The number of halogens is 2. The van der Waals surface area contributed by atoms with Gasteiger partial charge in [0.15, 0.2) is 0 Å². The zero-order valence-electron chi connectivity index (χ0n) is 16.4. The summed E-state index contributed by atoms with van der Waals surface area (Å²) in [6, 6.07) is 10.3. The van der Waals surface area contributed by atoms with Crippen molar-refractivity contribution < 1.29 is 50.7 Å². The second-order valence-electron chi connectivity index (χ2n) is 7.10. The van der Waals surface area contributed by atoms with Crippen LogP contribution < -0.4 is 30.0 Å². The van der Waals surface area contributed by atoms with Crippen LogP contribution in [-0.2, 0) is 25.8 Å². The summed E-state index contributed by atoms with van der Waals surface area (Å²) >= 11 is 0. The van der Waals surface area contributed by atoms with Gasteiger partial charge in [-0.3, -0.25) is 0 Å². The number of hydrogen-bond acceptors (Lipinski definition) is 0. The Bertz CT molecular complexity index is 624. The van der Waals surface area contributed by atoms with Crippen molar-refractivity contribution in [2.24, 2.45) is 11.8 Å².